The van der Waals surface area contributed by atoms with E-state index in [0.29, 0.717) is 66.1 Å². The number of ether oxygens (including phenoxy) is 4. The summed E-state index contributed by atoms with van der Waals surface area (Å²) in [7, 11) is 0. The van der Waals surface area contributed by atoms with E-state index < -0.39 is 16.7 Å². The Morgan fingerprint density at radius 3 is 2.03 bits per heavy atom. The lowest BCUT2D eigenvalue weighted by Gasteiger charge is -2.18. The number of aromatic nitrogens is 2. The first kappa shape index (κ1) is 24.2. The summed E-state index contributed by atoms with van der Waals surface area (Å²) < 4.78 is 23.4. The fraction of sp³-hybridized carbons (Fsp3) is 0.222. The molecule has 198 valence electrons. The van der Waals surface area contributed by atoms with Gasteiger partial charge in [0.05, 0.1) is 28.7 Å². The molecule has 1 amide bonds. The maximum atomic E-state index is 13.3. The molecule has 0 bridgehead atoms. The number of nitrogens with zero attached hydrogens (tertiary/aromatic N) is 3. The number of anilines is 1. The van der Waals surface area contributed by atoms with E-state index >= 15 is 0 Å². The summed E-state index contributed by atoms with van der Waals surface area (Å²) in [5.41, 5.74) is 1.50. The molecule has 0 aliphatic carbocycles. The van der Waals surface area contributed by atoms with E-state index in [1.54, 1.807) is 36.4 Å². The average Bonchev–Trinajstić information content (AvgIpc) is 3.30. The summed E-state index contributed by atoms with van der Waals surface area (Å²) in [4.78, 5) is 37.1. The highest BCUT2D eigenvalue weighted by atomic mass is 16.6. The topological polar surface area (TPSA) is 144 Å². The Bertz CT molecular complexity index is 1630. The molecule has 0 fully saturated rings. The van der Waals surface area contributed by atoms with Gasteiger partial charge in [0.15, 0.2) is 28.8 Å². The molecule has 12 nitrogen and oxygen atoms in total. The molecule has 4 aromatic rings. The van der Waals surface area contributed by atoms with E-state index in [-0.39, 0.29) is 29.7 Å². The molecule has 6 rings (SSSR count). The second-order valence-corrected chi connectivity index (χ2v) is 8.97. The molecule has 0 spiro atoms. The van der Waals surface area contributed by atoms with Crippen LogP contribution in [0.3, 0.4) is 0 Å². The molecular weight excluding hydrogens is 508 g/mol. The highest BCUT2D eigenvalue weighted by Gasteiger charge is 2.22. The molecular formula is C27H22N4O8. The number of rotatable bonds is 6. The first-order chi connectivity index (χ1) is 18.9. The molecule has 12 heteroatoms. The number of hydrogen-bond donors (Lipinski definition) is 1. The number of nitrogens with one attached hydrogen (secondary N) is 1. The third-order valence-electron chi connectivity index (χ3n) is 6.30. The van der Waals surface area contributed by atoms with Gasteiger partial charge < -0.3 is 24.3 Å². The predicted molar refractivity (Wildman–Crippen MR) is 138 cm³/mol. The number of fused-ring (bicyclic) bond motifs is 3. The number of benzene rings is 3. The van der Waals surface area contributed by atoms with E-state index in [2.05, 4.69) is 10.4 Å². The highest BCUT2D eigenvalue weighted by molar-refractivity contribution is 6.04. The van der Waals surface area contributed by atoms with Crippen LogP contribution < -0.4 is 24.3 Å². The molecule has 39 heavy (non-hydrogen) atoms. The molecule has 1 N–H and O–H groups in total. The zero-order valence-corrected chi connectivity index (χ0v) is 20.5. The molecule has 3 aromatic carbocycles. The Kier molecular flexibility index (Phi) is 6.19. The van der Waals surface area contributed by atoms with Crippen LogP contribution in [0.15, 0.2) is 54.6 Å². The Hall–Kier alpha value is -5.13. The molecule has 2 aliphatic rings. The number of hydrogen-bond acceptors (Lipinski definition) is 9. The Labute approximate surface area is 221 Å². The third kappa shape index (κ3) is 4.91. The normalized spacial score (nSPS) is 13.6. The van der Waals surface area contributed by atoms with Gasteiger partial charge >= 0.3 is 0 Å². The van der Waals surface area contributed by atoms with Crippen molar-refractivity contribution in [3.63, 3.8) is 0 Å². The molecule has 0 saturated heterocycles. The highest BCUT2D eigenvalue weighted by Crippen LogP contribution is 2.33. The van der Waals surface area contributed by atoms with Crippen LogP contribution in [0.1, 0.15) is 15.9 Å². The van der Waals surface area contributed by atoms with Gasteiger partial charge in [-0.05, 0) is 41.5 Å². The zero-order chi connectivity index (χ0) is 26.9. The van der Waals surface area contributed by atoms with Gasteiger partial charge in [-0.1, -0.05) is 12.1 Å². The van der Waals surface area contributed by atoms with Gasteiger partial charge in [-0.25, -0.2) is 0 Å². The van der Waals surface area contributed by atoms with Crippen molar-refractivity contribution in [3.05, 3.63) is 75.8 Å². The van der Waals surface area contributed by atoms with Gasteiger partial charge in [-0.15, -0.1) is 5.10 Å². The lowest BCUT2D eigenvalue weighted by atomic mass is 10.1. The van der Waals surface area contributed by atoms with E-state index in [1.165, 1.54) is 18.2 Å². The van der Waals surface area contributed by atoms with E-state index in [9.17, 15) is 19.7 Å². The lowest BCUT2D eigenvalue weighted by Crippen LogP contribution is -2.19. The van der Waals surface area contributed by atoms with Crippen molar-refractivity contribution in [1.82, 2.24) is 9.78 Å². The minimum Gasteiger partial charge on any atom is -0.486 e. The second-order valence-electron chi connectivity index (χ2n) is 8.97. The summed E-state index contributed by atoms with van der Waals surface area (Å²) in [5.74, 6) is 1.58. The Morgan fingerprint density at radius 2 is 1.41 bits per heavy atom. The fourth-order valence-electron chi connectivity index (χ4n) is 4.51. The number of carbonyl (C=O) groups is 2. The average molecular weight is 530 g/mol. The maximum absolute atomic E-state index is 13.3. The largest absolute Gasteiger partial charge is 0.486 e. The monoisotopic (exact) mass is 530 g/mol. The van der Waals surface area contributed by atoms with Crippen LogP contribution in [0.5, 0.6) is 23.0 Å². The van der Waals surface area contributed by atoms with Crippen molar-refractivity contribution in [2.24, 2.45) is 0 Å². The number of carbonyl (C=O) groups excluding carboxylic acids is 2. The molecule has 2 aliphatic heterocycles. The molecule has 0 saturated carbocycles. The predicted octanol–water partition coefficient (Wildman–Crippen LogP) is 3.55. The van der Waals surface area contributed by atoms with E-state index in [1.807, 2.05) is 0 Å². The number of nitro benzene ring substituents is 1. The van der Waals surface area contributed by atoms with Crippen molar-refractivity contribution >= 4 is 34.2 Å². The van der Waals surface area contributed by atoms with Crippen molar-refractivity contribution in [1.29, 1.82) is 0 Å². The molecule has 0 radical (unpaired) electrons. The Morgan fingerprint density at radius 1 is 0.821 bits per heavy atom. The van der Waals surface area contributed by atoms with E-state index in [4.69, 9.17) is 18.9 Å². The van der Waals surface area contributed by atoms with Gasteiger partial charge in [-0.3, -0.25) is 19.7 Å². The first-order valence-electron chi connectivity index (χ1n) is 12.2. The summed E-state index contributed by atoms with van der Waals surface area (Å²) in [6.07, 6.45) is -0.0277. The number of amides is 1. The summed E-state index contributed by atoms with van der Waals surface area (Å²) >= 11 is 0. The van der Waals surface area contributed by atoms with Crippen LogP contribution >= 0.6 is 0 Å². The van der Waals surface area contributed by atoms with Gasteiger partial charge in [-0.2, -0.15) is 4.68 Å². The molecule has 0 unspecified atom stereocenters. The van der Waals surface area contributed by atoms with Crippen molar-refractivity contribution < 1.29 is 33.5 Å². The quantitative estimate of drug-likeness (QED) is 0.292. The first-order valence-corrected chi connectivity index (χ1v) is 12.2. The van der Waals surface area contributed by atoms with Crippen molar-refractivity contribution in [2.45, 2.75) is 12.8 Å². The van der Waals surface area contributed by atoms with Crippen LogP contribution in [0, 0.1) is 10.1 Å². The van der Waals surface area contributed by atoms with E-state index in [0.717, 1.165) is 4.68 Å². The lowest BCUT2D eigenvalue weighted by molar-refractivity contribution is -0.384. The maximum Gasteiger partial charge on any atom is 0.270 e. The Balaban J connectivity index is 1.27. The van der Waals surface area contributed by atoms with Crippen LogP contribution in [0.4, 0.5) is 11.5 Å². The standard InChI is InChI=1S/C27H22N4O8/c32-25(13-16-1-5-21-23(11-16)38-9-7-36-21)28-27-19-15-18(31(34)35)3-4-20(19)30(29-27)26(33)14-17-2-6-22-24(12-17)39-10-8-37-22/h1-6,11-12,15H,7-10,13-14H2,(H,28,29,32). The summed E-state index contributed by atoms with van der Waals surface area (Å²) in [5, 5.41) is 18.7. The summed E-state index contributed by atoms with van der Waals surface area (Å²) in [6.45, 7) is 1.76. The molecule has 0 atom stereocenters. The van der Waals surface area contributed by atoms with Gasteiger partial charge in [0.25, 0.3) is 11.6 Å². The van der Waals surface area contributed by atoms with Crippen molar-refractivity contribution in [3.8, 4) is 23.0 Å². The van der Waals surface area contributed by atoms with Gasteiger partial charge in [0.2, 0.25) is 5.91 Å². The number of nitro groups is 1. The fourth-order valence-corrected chi connectivity index (χ4v) is 4.51. The molecule has 3 heterocycles. The minimum absolute atomic E-state index is 0.00887. The third-order valence-corrected chi connectivity index (χ3v) is 6.30. The summed E-state index contributed by atoms with van der Waals surface area (Å²) in [6, 6.07) is 14.5. The minimum atomic E-state index is -0.547. The second kappa shape index (κ2) is 9.97. The van der Waals surface area contributed by atoms with Crippen LogP contribution in [0.2, 0.25) is 0 Å². The zero-order valence-electron chi connectivity index (χ0n) is 20.5. The van der Waals surface area contributed by atoms with Crippen LogP contribution in [0.25, 0.3) is 10.9 Å². The number of non-ortho nitro benzene ring substituents is 1. The van der Waals surface area contributed by atoms with Gasteiger partial charge in [0, 0.05) is 12.1 Å². The van der Waals surface area contributed by atoms with Crippen molar-refractivity contribution in [2.75, 3.05) is 31.7 Å². The van der Waals surface area contributed by atoms with Crippen LogP contribution in [-0.4, -0.2) is 52.9 Å². The SMILES string of the molecule is O=C(Cc1ccc2c(c1)OCCO2)Nc1nn(C(=O)Cc2ccc3c(c2)OCCO3)c2ccc([N+](=O)[O-])cc12. The smallest absolute Gasteiger partial charge is 0.270 e. The van der Waals surface area contributed by atoms with Gasteiger partial charge in [0.1, 0.15) is 26.4 Å². The molecule has 1 aromatic heterocycles. The van der Waals surface area contributed by atoms with Crippen LogP contribution in [-0.2, 0) is 17.6 Å².